The molecule has 0 saturated carbocycles. The summed E-state index contributed by atoms with van der Waals surface area (Å²) in [6, 6.07) is 56.1. The minimum atomic E-state index is 0.601. The van der Waals surface area contributed by atoms with E-state index in [1.807, 2.05) is 12.1 Å². The molecule has 0 amide bonds. The van der Waals surface area contributed by atoms with Crippen molar-refractivity contribution in [1.29, 1.82) is 0 Å². The van der Waals surface area contributed by atoms with Gasteiger partial charge in [-0.25, -0.2) is 9.97 Å². The first-order valence-corrected chi connectivity index (χ1v) is 18.8. The maximum Gasteiger partial charge on any atom is 0.235 e. The summed E-state index contributed by atoms with van der Waals surface area (Å²) in [5.41, 5.74) is 9.21. The highest BCUT2D eigenvalue weighted by molar-refractivity contribution is 6.43. The van der Waals surface area contributed by atoms with Gasteiger partial charge in [-0.1, -0.05) is 152 Å². The van der Waals surface area contributed by atoms with E-state index in [-0.39, 0.29) is 0 Å². The van der Waals surface area contributed by atoms with E-state index < -0.39 is 0 Å². The third kappa shape index (κ3) is 4.40. The lowest BCUT2D eigenvalue weighted by Crippen LogP contribution is -2.06. The van der Waals surface area contributed by atoms with Crippen LogP contribution in [0.15, 0.2) is 170 Å². The lowest BCUT2D eigenvalue weighted by Gasteiger charge is -2.17. The molecule has 3 heterocycles. The summed E-state index contributed by atoms with van der Waals surface area (Å²) in [7, 11) is 0. The summed E-state index contributed by atoms with van der Waals surface area (Å²) in [6.45, 7) is 6.57. The van der Waals surface area contributed by atoms with Gasteiger partial charge in [-0.2, -0.15) is 0 Å². The number of benzene rings is 8. The smallest absolute Gasteiger partial charge is 0.235 e. The molecular weight excluding hydrogens is 669 g/mol. The zero-order valence-electron chi connectivity index (χ0n) is 30.2. The largest absolute Gasteiger partial charge is 0.307 e. The van der Waals surface area contributed by atoms with E-state index in [9.17, 15) is 0 Å². The maximum absolute atomic E-state index is 5.50. The van der Waals surface area contributed by atoms with Gasteiger partial charge in [0, 0.05) is 49.1 Å². The molecule has 0 aliphatic heterocycles. The van der Waals surface area contributed by atoms with Crippen LogP contribution >= 0.6 is 0 Å². The fraction of sp³-hybridized carbons (Fsp3) is 0.0196. The number of aromatic nitrogens is 4. The van der Waals surface area contributed by atoms with Crippen molar-refractivity contribution in [2.24, 2.45) is 0 Å². The number of fused-ring (bicyclic) bond motifs is 14. The molecule has 0 fully saturated rings. The summed E-state index contributed by atoms with van der Waals surface area (Å²) in [5.74, 6) is 0.601. The number of hydrogen-bond donors (Lipinski definition) is 0. The second-order valence-corrected chi connectivity index (χ2v) is 14.1. The molecule has 0 N–H and O–H groups in total. The fourth-order valence-electron chi connectivity index (χ4n) is 9.03. The van der Waals surface area contributed by atoms with Gasteiger partial charge in [0.05, 0.1) is 33.5 Å². The van der Waals surface area contributed by atoms with E-state index in [0.29, 0.717) is 5.95 Å². The first kappa shape index (κ1) is 31.2. The Bertz CT molecular complexity index is 3390. The van der Waals surface area contributed by atoms with Crippen LogP contribution in [0.4, 0.5) is 0 Å². The molecule has 3 aromatic heterocycles. The Hall–Kier alpha value is -7.30. The zero-order valence-corrected chi connectivity index (χ0v) is 30.2. The van der Waals surface area contributed by atoms with E-state index in [1.165, 1.54) is 43.1 Å². The maximum atomic E-state index is 5.50. The van der Waals surface area contributed by atoms with Gasteiger partial charge >= 0.3 is 0 Å². The molecule has 55 heavy (non-hydrogen) atoms. The van der Waals surface area contributed by atoms with E-state index in [1.54, 1.807) is 0 Å². The van der Waals surface area contributed by atoms with Crippen molar-refractivity contribution in [3.63, 3.8) is 0 Å². The van der Waals surface area contributed by atoms with E-state index in [4.69, 9.17) is 9.97 Å². The summed E-state index contributed by atoms with van der Waals surface area (Å²) >= 11 is 0. The molecule has 11 aromatic rings. The summed E-state index contributed by atoms with van der Waals surface area (Å²) < 4.78 is 4.72. The highest BCUT2D eigenvalue weighted by Crippen LogP contribution is 2.50. The van der Waals surface area contributed by atoms with E-state index in [2.05, 4.69) is 186 Å². The molecule has 0 atom stereocenters. The molecule has 0 radical (unpaired) electrons. The Morgan fingerprint density at radius 2 is 1.04 bits per heavy atom. The van der Waals surface area contributed by atoms with Gasteiger partial charge in [-0.15, -0.1) is 0 Å². The number of para-hydroxylation sites is 3. The highest BCUT2D eigenvalue weighted by Gasteiger charge is 2.29. The van der Waals surface area contributed by atoms with Crippen LogP contribution in [0.5, 0.6) is 0 Å². The van der Waals surface area contributed by atoms with Crippen LogP contribution in [0, 0.1) is 0 Å². The van der Waals surface area contributed by atoms with Gasteiger partial charge in [0.25, 0.3) is 0 Å². The Labute approximate surface area is 317 Å². The Morgan fingerprint density at radius 3 is 1.71 bits per heavy atom. The van der Waals surface area contributed by atoms with Gasteiger partial charge in [0.15, 0.2) is 0 Å². The zero-order chi connectivity index (χ0) is 36.6. The molecule has 0 aliphatic carbocycles. The molecule has 4 nitrogen and oxygen atoms in total. The Morgan fingerprint density at radius 1 is 0.491 bits per heavy atom. The number of nitrogens with zero attached hydrogens (tertiary/aromatic N) is 4. The third-order valence-corrected chi connectivity index (χ3v) is 11.2. The van der Waals surface area contributed by atoms with Crippen LogP contribution in [-0.2, 0) is 0 Å². The first-order chi connectivity index (χ1) is 27.3. The van der Waals surface area contributed by atoms with Crippen LogP contribution in [-0.4, -0.2) is 19.1 Å². The van der Waals surface area contributed by atoms with Crippen molar-refractivity contribution in [1.82, 2.24) is 19.1 Å². The fourth-order valence-corrected chi connectivity index (χ4v) is 9.03. The predicted molar refractivity (Wildman–Crippen MR) is 233 cm³/mol. The minimum absolute atomic E-state index is 0.601. The van der Waals surface area contributed by atoms with Crippen LogP contribution in [0.2, 0.25) is 0 Å². The van der Waals surface area contributed by atoms with Gasteiger partial charge in [-0.05, 0) is 58.8 Å². The van der Waals surface area contributed by atoms with Crippen molar-refractivity contribution in [2.75, 3.05) is 0 Å². The van der Waals surface area contributed by atoms with E-state index in [0.717, 1.165) is 61.0 Å². The lowest BCUT2D eigenvalue weighted by molar-refractivity contribution is 0.973. The summed E-state index contributed by atoms with van der Waals surface area (Å²) in [6.07, 6.45) is 6.35. The first-order valence-electron chi connectivity index (χ1n) is 18.8. The van der Waals surface area contributed by atoms with Crippen molar-refractivity contribution in [3.05, 3.63) is 182 Å². The third-order valence-electron chi connectivity index (χ3n) is 11.2. The van der Waals surface area contributed by atoms with Gasteiger partial charge < -0.3 is 4.57 Å². The number of rotatable bonds is 5. The molecule has 0 aliphatic rings. The van der Waals surface area contributed by atoms with Crippen molar-refractivity contribution in [2.45, 2.75) is 6.92 Å². The van der Waals surface area contributed by atoms with Crippen molar-refractivity contribution < 1.29 is 0 Å². The van der Waals surface area contributed by atoms with Crippen molar-refractivity contribution >= 4 is 88.1 Å². The van der Waals surface area contributed by atoms with Gasteiger partial charge in [0.2, 0.25) is 5.95 Å². The molecule has 8 aromatic carbocycles. The number of hydrogen-bond acceptors (Lipinski definition) is 2. The molecule has 4 heteroatoms. The topological polar surface area (TPSA) is 35.6 Å². The highest BCUT2D eigenvalue weighted by atomic mass is 15.2. The second-order valence-electron chi connectivity index (χ2n) is 14.1. The number of allylic oxidation sites excluding steroid dienone is 1. The Balaban J connectivity index is 1.50. The second kappa shape index (κ2) is 12.1. The van der Waals surface area contributed by atoms with Gasteiger partial charge in [0.1, 0.15) is 0 Å². The lowest BCUT2D eigenvalue weighted by atomic mass is 9.88. The Kier molecular flexibility index (Phi) is 6.89. The molecule has 11 rings (SSSR count). The van der Waals surface area contributed by atoms with Crippen LogP contribution in [0.25, 0.3) is 111 Å². The molecule has 0 unspecified atom stereocenters. The van der Waals surface area contributed by atoms with Crippen LogP contribution in [0.3, 0.4) is 0 Å². The van der Waals surface area contributed by atoms with Crippen LogP contribution in [0.1, 0.15) is 18.2 Å². The summed E-state index contributed by atoms with van der Waals surface area (Å²) in [5, 5.41) is 11.9. The monoisotopic (exact) mass is 702 g/mol. The average molecular weight is 703 g/mol. The normalized spacial score (nSPS) is 12.1. The van der Waals surface area contributed by atoms with Gasteiger partial charge in [-0.3, -0.25) is 4.57 Å². The quantitative estimate of drug-likeness (QED) is 0.167. The van der Waals surface area contributed by atoms with Crippen LogP contribution < -0.4 is 0 Å². The molecule has 258 valence electrons. The van der Waals surface area contributed by atoms with Crippen molar-refractivity contribution in [3.8, 4) is 22.9 Å². The SMILES string of the molecule is C=Cc1c(/C=C\C)c2c3c4ccccc4c4ccccc4c3c3c4ccccc4n(-c4ccccc4)c3c2n1-c1nc(-c2ccccc2)c2ccccc2n1. The van der Waals surface area contributed by atoms with E-state index >= 15 is 0 Å². The molecular formula is C51H34N4. The molecule has 0 bridgehead atoms. The standard InChI is InChI=1S/C51H34N4/c1-3-19-39-42(4-2)55(51-52-41-30-17-15-28-38(41)48(53-51)32-20-7-5-8-21-32)50-46(39)44-36-26-13-11-24-34(36)35-25-12-14-27-37(35)45(44)47-40-29-16-18-31-43(40)54(49(47)50)33-22-9-6-10-23-33/h3-31H,2H2,1H3/b19-3-. The predicted octanol–water partition coefficient (Wildman–Crippen LogP) is 13.5. The average Bonchev–Trinajstić information content (AvgIpc) is 3.77. The summed E-state index contributed by atoms with van der Waals surface area (Å²) in [4.78, 5) is 10.9. The molecule has 0 saturated heterocycles. The minimum Gasteiger partial charge on any atom is -0.307 e. The molecule has 0 spiro atoms.